The molecule has 0 fully saturated rings. The van der Waals surface area contributed by atoms with Crippen LogP contribution in [0.25, 0.3) is 0 Å². The van der Waals surface area contributed by atoms with Crippen molar-refractivity contribution in [3.8, 4) is 0 Å². The van der Waals surface area contributed by atoms with Gasteiger partial charge in [-0.1, -0.05) is 12.1 Å². The molecule has 2 N–H and O–H groups in total. The zero-order valence-electron chi connectivity index (χ0n) is 7.53. The lowest BCUT2D eigenvalue weighted by molar-refractivity contribution is 1.24. The molecule has 14 heavy (non-hydrogen) atoms. The van der Waals surface area contributed by atoms with Gasteiger partial charge < -0.3 is 5.73 Å². The van der Waals surface area contributed by atoms with E-state index in [-0.39, 0.29) is 0 Å². The first-order chi connectivity index (χ1) is 6.74. The standard InChI is InChI=1S/C11H10BrNS/c12-11-6-5-10(14-11)7-8-1-3-9(13)4-2-8/h1-6H,7,13H2. The molecule has 1 aromatic heterocycles. The van der Waals surface area contributed by atoms with Gasteiger partial charge in [-0.05, 0) is 45.8 Å². The molecule has 0 aliphatic heterocycles. The van der Waals surface area contributed by atoms with Gasteiger partial charge in [-0.2, -0.15) is 0 Å². The molecule has 0 bridgehead atoms. The van der Waals surface area contributed by atoms with Gasteiger partial charge in [0, 0.05) is 17.0 Å². The average molecular weight is 268 g/mol. The van der Waals surface area contributed by atoms with Crippen LogP contribution in [-0.2, 0) is 6.42 Å². The molecule has 0 aliphatic carbocycles. The summed E-state index contributed by atoms with van der Waals surface area (Å²) < 4.78 is 1.18. The minimum absolute atomic E-state index is 0.820. The summed E-state index contributed by atoms with van der Waals surface area (Å²) >= 11 is 5.23. The lowest BCUT2D eigenvalue weighted by Gasteiger charge is -1.98. The summed E-state index contributed by atoms with van der Waals surface area (Å²) in [5.74, 6) is 0. The first-order valence-corrected chi connectivity index (χ1v) is 5.93. The van der Waals surface area contributed by atoms with Crippen LogP contribution in [0.15, 0.2) is 40.2 Å². The molecule has 2 aromatic rings. The highest BCUT2D eigenvalue weighted by Crippen LogP contribution is 2.24. The summed E-state index contributed by atoms with van der Waals surface area (Å²) in [5.41, 5.74) is 7.74. The van der Waals surface area contributed by atoms with Gasteiger partial charge in [-0.3, -0.25) is 0 Å². The summed E-state index contributed by atoms with van der Waals surface area (Å²) in [4.78, 5) is 1.36. The van der Waals surface area contributed by atoms with E-state index in [1.807, 2.05) is 12.1 Å². The van der Waals surface area contributed by atoms with Gasteiger partial charge in [-0.15, -0.1) is 11.3 Å². The van der Waals surface area contributed by atoms with Crippen LogP contribution in [0.3, 0.4) is 0 Å². The highest BCUT2D eigenvalue weighted by Gasteiger charge is 1.99. The van der Waals surface area contributed by atoms with E-state index in [2.05, 4.69) is 40.2 Å². The zero-order chi connectivity index (χ0) is 9.97. The number of anilines is 1. The topological polar surface area (TPSA) is 26.0 Å². The Morgan fingerprint density at radius 2 is 1.79 bits per heavy atom. The predicted octanol–water partition coefficient (Wildman–Crippen LogP) is 3.68. The Labute approximate surface area is 95.7 Å². The van der Waals surface area contributed by atoms with E-state index >= 15 is 0 Å². The Morgan fingerprint density at radius 3 is 2.36 bits per heavy atom. The first-order valence-electron chi connectivity index (χ1n) is 4.33. The van der Waals surface area contributed by atoms with Crippen molar-refractivity contribution in [2.45, 2.75) is 6.42 Å². The molecule has 0 atom stereocenters. The largest absolute Gasteiger partial charge is 0.399 e. The fraction of sp³-hybridized carbons (Fsp3) is 0.0909. The molecule has 1 heterocycles. The third kappa shape index (κ3) is 2.36. The van der Waals surface area contributed by atoms with Gasteiger partial charge in [0.05, 0.1) is 3.79 Å². The maximum absolute atomic E-state index is 5.62. The molecule has 3 heteroatoms. The fourth-order valence-corrected chi connectivity index (χ4v) is 2.80. The van der Waals surface area contributed by atoms with E-state index in [1.165, 1.54) is 14.2 Å². The Kier molecular flexibility index (Phi) is 2.89. The lowest BCUT2D eigenvalue weighted by atomic mass is 10.1. The highest BCUT2D eigenvalue weighted by molar-refractivity contribution is 9.11. The van der Waals surface area contributed by atoms with Crippen LogP contribution in [0.1, 0.15) is 10.4 Å². The van der Waals surface area contributed by atoms with E-state index in [0.717, 1.165) is 12.1 Å². The van der Waals surface area contributed by atoms with Crippen molar-refractivity contribution in [1.82, 2.24) is 0 Å². The van der Waals surface area contributed by atoms with Gasteiger partial charge in [-0.25, -0.2) is 0 Å². The van der Waals surface area contributed by atoms with Crippen molar-refractivity contribution < 1.29 is 0 Å². The van der Waals surface area contributed by atoms with Crippen LogP contribution in [0.5, 0.6) is 0 Å². The van der Waals surface area contributed by atoms with Crippen LogP contribution in [0.4, 0.5) is 5.69 Å². The highest BCUT2D eigenvalue weighted by atomic mass is 79.9. The molecule has 1 aromatic carbocycles. The molecule has 0 radical (unpaired) electrons. The Balaban J connectivity index is 2.15. The molecular weight excluding hydrogens is 258 g/mol. The van der Waals surface area contributed by atoms with Crippen molar-refractivity contribution >= 4 is 33.0 Å². The Bertz CT molecular complexity index is 419. The maximum Gasteiger partial charge on any atom is 0.0701 e. The lowest BCUT2D eigenvalue weighted by Crippen LogP contribution is -1.87. The van der Waals surface area contributed by atoms with Gasteiger partial charge in [0.15, 0.2) is 0 Å². The van der Waals surface area contributed by atoms with Crippen LogP contribution < -0.4 is 5.73 Å². The summed E-state index contributed by atoms with van der Waals surface area (Å²) in [6.45, 7) is 0. The number of hydrogen-bond donors (Lipinski definition) is 1. The van der Waals surface area contributed by atoms with Crippen LogP contribution in [0, 0.1) is 0 Å². The third-order valence-corrected chi connectivity index (χ3v) is 3.61. The van der Waals surface area contributed by atoms with Gasteiger partial charge in [0.1, 0.15) is 0 Å². The van der Waals surface area contributed by atoms with Crippen LogP contribution in [-0.4, -0.2) is 0 Å². The zero-order valence-corrected chi connectivity index (χ0v) is 9.94. The molecular formula is C11H10BrNS. The molecule has 0 spiro atoms. The van der Waals surface area contributed by atoms with Gasteiger partial charge in [0.2, 0.25) is 0 Å². The second-order valence-electron chi connectivity index (χ2n) is 3.12. The number of hydrogen-bond acceptors (Lipinski definition) is 2. The molecule has 0 amide bonds. The van der Waals surface area contributed by atoms with E-state index in [0.29, 0.717) is 0 Å². The molecule has 0 saturated carbocycles. The summed E-state index contributed by atoms with van der Waals surface area (Å²) in [6.07, 6.45) is 0.983. The monoisotopic (exact) mass is 267 g/mol. The molecule has 72 valence electrons. The minimum atomic E-state index is 0.820. The number of halogens is 1. The summed E-state index contributed by atoms with van der Waals surface area (Å²) in [7, 11) is 0. The van der Waals surface area contributed by atoms with Crippen LogP contribution in [0.2, 0.25) is 0 Å². The van der Waals surface area contributed by atoms with E-state index in [1.54, 1.807) is 11.3 Å². The normalized spacial score (nSPS) is 10.4. The minimum Gasteiger partial charge on any atom is -0.399 e. The predicted molar refractivity (Wildman–Crippen MR) is 65.7 cm³/mol. The smallest absolute Gasteiger partial charge is 0.0701 e. The Hall–Kier alpha value is -0.800. The average Bonchev–Trinajstić information content (AvgIpc) is 2.56. The maximum atomic E-state index is 5.62. The molecule has 2 rings (SSSR count). The quantitative estimate of drug-likeness (QED) is 0.826. The molecule has 0 unspecified atom stereocenters. The van der Waals surface area contributed by atoms with E-state index in [4.69, 9.17) is 5.73 Å². The second-order valence-corrected chi connectivity index (χ2v) is 5.67. The third-order valence-electron chi connectivity index (χ3n) is 1.99. The number of rotatable bonds is 2. The summed E-state index contributed by atoms with van der Waals surface area (Å²) in [6, 6.07) is 12.3. The second kappa shape index (κ2) is 4.15. The Morgan fingerprint density at radius 1 is 1.07 bits per heavy atom. The number of thiophene rings is 1. The van der Waals surface area contributed by atoms with Crippen molar-refractivity contribution in [3.05, 3.63) is 50.6 Å². The van der Waals surface area contributed by atoms with Crippen molar-refractivity contribution in [3.63, 3.8) is 0 Å². The number of nitrogen functional groups attached to an aromatic ring is 1. The SMILES string of the molecule is Nc1ccc(Cc2ccc(Br)s2)cc1. The van der Waals surface area contributed by atoms with Crippen molar-refractivity contribution in [1.29, 1.82) is 0 Å². The van der Waals surface area contributed by atoms with Crippen molar-refractivity contribution in [2.75, 3.05) is 5.73 Å². The first kappa shape index (κ1) is 9.74. The fourth-order valence-electron chi connectivity index (χ4n) is 1.28. The van der Waals surface area contributed by atoms with Gasteiger partial charge >= 0.3 is 0 Å². The van der Waals surface area contributed by atoms with Crippen LogP contribution >= 0.6 is 27.3 Å². The molecule has 0 saturated heterocycles. The number of benzene rings is 1. The molecule has 0 aliphatic rings. The van der Waals surface area contributed by atoms with Crippen molar-refractivity contribution in [2.24, 2.45) is 0 Å². The summed E-state index contributed by atoms with van der Waals surface area (Å²) in [5, 5.41) is 0. The van der Waals surface area contributed by atoms with Gasteiger partial charge in [0.25, 0.3) is 0 Å². The number of nitrogens with two attached hydrogens (primary N) is 1. The molecule has 1 nitrogen and oxygen atoms in total. The van der Waals surface area contributed by atoms with E-state index < -0.39 is 0 Å². The van der Waals surface area contributed by atoms with E-state index in [9.17, 15) is 0 Å².